The summed E-state index contributed by atoms with van der Waals surface area (Å²) in [7, 11) is -2.27. The zero-order chi connectivity index (χ0) is 24.2. The van der Waals surface area contributed by atoms with E-state index in [0.717, 1.165) is 16.7 Å². The number of sulfonamides is 1. The normalized spacial score (nSPS) is 18.2. The maximum atomic E-state index is 13.6. The molecule has 35 heavy (non-hydrogen) atoms. The molecule has 8 nitrogen and oxygen atoms in total. The number of methoxy groups -OCH3 is 1. The molecule has 3 heterocycles. The number of amides is 1. The number of rotatable bonds is 5. The number of hydrogen-bond acceptors (Lipinski definition) is 6. The Bertz CT molecular complexity index is 1570. The zero-order valence-corrected chi connectivity index (χ0v) is 19.6. The molecule has 0 spiro atoms. The minimum absolute atomic E-state index is 0.213. The minimum atomic E-state index is -3.87. The van der Waals surface area contributed by atoms with Crippen LogP contribution in [0.2, 0.25) is 0 Å². The van der Waals surface area contributed by atoms with Gasteiger partial charge in [0.15, 0.2) is 0 Å². The van der Waals surface area contributed by atoms with Crippen LogP contribution in [0.3, 0.4) is 0 Å². The van der Waals surface area contributed by atoms with Crippen LogP contribution in [0.15, 0.2) is 93.5 Å². The predicted octanol–water partition coefficient (Wildman–Crippen LogP) is 4.33. The summed E-state index contributed by atoms with van der Waals surface area (Å²) in [5, 5.41) is 7.41. The molecule has 2 aliphatic rings. The molecule has 0 radical (unpaired) electrons. The van der Waals surface area contributed by atoms with Crippen LogP contribution in [-0.4, -0.2) is 38.7 Å². The lowest BCUT2D eigenvalue weighted by atomic mass is 10.0. The zero-order valence-electron chi connectivity index (χ0n) is 18.8. The Balaban J connectivity index is 1.36. The Morgan fingerprint density at radius 3 is 2.54 bits per heavy atom. The van der Waals surface area contributed by atoms with Gasteiger partial charge in [-0.1, -0.05) is 24.3 Å². The molecule has 0 fully saturated rings. The van der Waals surface area contributed by atoms with Gasteiger partial charge in [0.05, 0.1) is 29.7 Å². The molecule has 0 bridgehead atoms. The molecule has 6 rings (SSSR count). The summed E-state index contributed by atoms with van der Waals surface area (Å²) in [6, 6.07) is 21.0. The lowest BCUT2D eigenvalue weighted by Gasteiger charge is -2.24. The highest BCUT2D eigenvalue weighted by Crippen LogP contribution is 2.42. The number of nitrogens with zero attached hydrogens (tertiary/aromatic N) is 3. The molecule has 0 saturated carbocycles. The van der Waals surface area contributed by atoms with E-state index >= 15 is 0 Å². The molecule has 2 aliphatic heterocycles. The van der Waals surface area contributed by atoms with Crippen molar-refractivity contribution < 1.29 is 22.4 Å². The average Bonchev–Trinajstić information content (AvgIpc) is 3.60. The summed E-state index contributed by atoms with van der Waals surface area (Å²) in [6.45, 7) is -0.368. The van der Waals surface area contributed by atoms with Gasteiger partial charge in [0.25, 0.3) is 15.9 Å². The third-order valence-electron chi connectivity index (χ3n) is 6.42. The minimum Gasteiger partial charge on any atom is -0.497 e. The molecule has 1 aromatic heterocycles. The quantitative estimate of drug-likeness (QED) is 0.418. The molecule has 0 aliphatic carbocycles. The smallest absolute Gasteiger partial charge is 0.265 e. The summed E-state index contributed by atoms with van der Waals surface area (Å²) in [4.78, 5) is 13.8. The summed E-state index contributed by atoms with van der Waals surface area (Å²) >= 11 is 0. The van der Waals surface area contributed by atoms with E-state index in [9.17, 15) is 13.2 Å². The third-order valence-corrected chi connectivity index (χ3v) is 8.22. The van der Waals surface area contributed by atoms with Gasteiger partial charge in [-0.3, -0.25) is 9.10 Å². The van der Waals surface area contributed by atoms with Gasteiger partial charge < -0.3 is 9.15 Å². The second kappa shape index (κ2) is 7.99. The number of carbonyl (C=O) groups excluding carboxylic acids is 1. The molecule has 0 saturated heterocycles. The molecule has 1 atom stereocenters. The Labute approximate surface area is 202 Å². The lowest BCUT2D eigenvalue weighted by Crippen LogP contribution is -2.39. The summed E-state index contributed by atoms with van der Waals surface area (Å²) in [6.07, 6.45) is 1.99. The molecule has 176 valence electrons. The average molecular weight is 488 g/mol. The number of hydrogen-bond donors (Lipinski definition) is 0. The second-order valence-electron chi connectivity index (χ2n) is 8.39. The van der Waals surface area contributed by atoms with E-state index < -0.39 is 22.0 Å². The van der Waals surface area contributed by atoms with Gasteiger partial charge in [0.1, 0.15) is 24.1 Å². The van der Waals surface area contributed by atoms with Gasteiger partial charge in [-0.05, 0) is 59.5 Å². The number of furan rings is 1. The van der Waals surface area contributed by atoms with Crippen molar-refractivity contribution in [2.45, 2.75) is 17.4 Å². The molecular formula is C26H21N3O5S. The van der Waals surface area contributed by atoms with E-state index in [0.29, 0.717) is 29.0 Å². The molecule has 1 amide bonds. The Morgan fingerprint density at radius 2 is 1.83 bits per heavy atom. The fourth-order valence-corrected chi connectivity index (χ4v) is 6.38. The maximum absolute atomic E-state index is 13.6. The van der Waals surface area contributed by atoms with Crippen LogP contribution in [-0.2, 0) is 14.8 Å². The highest BCUT2D eigenvalue weighted by atomic mass is 32.2. The van der Waals surface area contributed by atoms with Crippen LogP contribution in [0, 0.1) is 0 Å². The van der Waals surface area contributed by atoms with Crippen LogP contribution >= 0.6 is 0 Å². The number of ether oxygens (including phenoxy) is 1. The first-order valence-corrected chi connectivity index (χ1v) is 12.5. The van der Waals surface area contributed by atoms with Crippen molar-refractivity contribution in [1.29, 1.82) is 0 Å². The van der Waals surface area contributed by atoms with Crippen molar-refractivity contribution in [2.24, 2.45) is 5.10 Å². The Morgan fingerprint density at radius 1 is 1.06 bits per heavy atom. The van der Waals surface area contributed by atoms with Gasteiger partial charge in [0, 0.05) is 11.8 Å². The van der Waals surface area contributed by atoms with E-state index in [1.54, 1.807) is 49.8 Å². The summed E-state index contributed by atoms with van der Waals surface area (Å²) < 4.78 is 38.7. The van der Waals surface area contributed by atoms with Crippen molar-refractivity contribution in [3.63, 3.8) is 0 Å². The number of anilines is 1. The SMILES string of the molecule is COc1ccc(C2=NN(C(=O)CN3c4cccc5cccc(c45)S3(=O)=O)[C@H](c3ccco3)C2)cc1. The van der Waals surface area contributed by atoms with Crippen molar-refractivity contribution in [1.82, 2.24) is 5.01 Å². The van der Waals surface area contributed by atoms with Crippen LogP contribution in [0.1, 0.15) is 23.8 Å². The summed E-state index contributed by atoms with van der Waals surface area (Å²) in [5.41, 5.74) is 2.06. The van der Waals surface area contributed by atoms with Gasteiger partial charge in [-0.15, -0.1) is 0 Å². The highest BCUT2D eigenvalue weighted by molar-refractivity contribution is 7.93. The van der Waals surface area contributed by atoms with E-state index in [1.165, 1.54) is 9.31 Å². The Kier molecular flexibility index (Phi) is 4.89. The first kappa shape index (κ1) is 21.4. The molecule has 4 aromatic rings. The fourth-order valence-electron chi connectivity index (χ4n) is 4.72. The van der Waals surface area contributed by atoms with E-state index in [-0.39, 0.29) is 11.4 Å². The van der Waals surface area contributed by atoms with Gasteiger partial charge >= 0.3 is 0 Å². The van der Waals surface area contributed by atoms with Crippen molar-refractivity contribution in [3.05, 3.63) is 90.4 Å². The number of benzene rings is 3. The van der Waals surface area contributed by atoms with Crippen molar-refractivity contribution >= 4 is 38.1 Å². The third kappa shape index (κ3) is 3.38. The van der Waals surface area contributed by atoms with E-state index in [2.05, 4.69) is 5.10 Å². The Hall–Kier alpha value is -4.11. The standard InChI is InChI=1S/C26H21N3O5S/c1-33-19-12-10-17(11-13-19)20-15-22(23-8-4-14-34-23)29(27-20)25(30)16-28-21-7-2-5-18-6-3-9-24(26(18)21)35(28,31)32/h2-14,22H,15-16H2,1H3/t22-/m0/s1. The topological polar surface area (TPSA) is 92.4 Å². The predicted molar refractivity (Wildman–Crippen MR) is 131 cm³/mol. The molecule has 0 unspecified atom stereocenters. The largest absolute Gasteiger partial charge is 0.497 e. The molecule has 0 N–H and O–H groups in total. The second-order valence-corrected chi connectivity index (χ2v) is 10.2. The van der Waals surface area contributed by atoms with Gasteiger partial charge in [-0.25, -0.2) is 13.4 Å². The van der Waals surface area contributed by atoms with Crippen molar-refractivity contribution in [2.75, 3.05) is 18.0 Å². The van der Waals surface area contributed by atoms with Gasteiger partial charge in [-0.2, -0.15) is 5.10 Å². The van der Waals surface area contributed by atoms with Crippen LogP contribution in [0.25, 0.3) is 10.8 Å². The molecular weight excluding hydrogens is 466 g/mol. The van der Waals surface area contributed by atoms with Crippen LogP contribution in [0.4, 0.5) is 5.69 Å². The molecule has 9 heteroatoms. The van der Waals surface area contributed by atoms with Crippen molar-refractivity contribution in [3.8, 4) is 5.75 Å². The first-order chi connectivity index (χ1) is 17.0. The molecule has 3 aromatic carbocycles. The highest BCUT2D eigenvalue weighted by Gasteiger charge is 2.40. The number of carbonyl (C=O) groups is 1. The van der Waals surface area contributed by atoms with Crippen LogP contribution in [0.5, 0.6) is 5.75 Å². The first-order valence-electron chi connectivity index (χ1n) is 11.1. The fraction of sp³-hybridized carbons (Fsp3) is 0.154. The van der Waals surface area contributed by atoms with Gasteiger partial charge in [0.2, 0.25) is 0 Å². The lowest BCUT2D eigenvalue weighted by molar-refractivity contribution is -0.131. The monoisotopic (exact) mass is 487 g/mol. The summed E-state index contributed by atoms with van der Waals surface area (Å²) in [5.74, 6) is 0.861. The maximum Gasteiger partial charge on any atom is 0.265 e. The van der Waals surface area contributed by atoms with E-state index in [1.807, 2.05) is 36.4 Å². The number of hydrazone groups is 1. The van der Waals surface area contributed by atoms with Crippen LogP contribution < -0.4 is 9.04 Å². The van der Waals surface area contributed by atoms with E-state index in [4.69, 9.17) is 9.15 Å².